The predicted molar refractivity (Wildman–Crippen MR) is 61.3 cm³/mol. The molecule has 0 aliphatic carbocycles. The van der Waals surface area contributed by atoms with Crippen LogP contribution in [0.4, 0.5) is 11.6 Å². The topological polar surface area (TPSA) is 104 Å². The van der Waals surface area contributed by atoms with Crippen molar-refractivity contribution in [3.05, 3.63) is 18.5 Å². The number of nitrogen functional groups attached to an aromatic ring is 1. The van der Waals surface area contributed by atoms with Crippen LogP contribution in [0.3, 0.4) is 0 Å². The van der Waals surface area contributed by atoms with Crippen molar-refractivity contribution in [3.63, 3.8) is 0 Å². The maximum atomic E-state index is 5.65. The van der Waals surface area contributed by atoms with Crippen molar-refractivity contribution in [2.24, 2.45) is 7.05 Å². The van der Waals surface area contributed by atoms with Gasteiger partial charge in [0.15, 0.2) is 17.5 Å². The van der Waals surface area contributed by atoms with Crippen LogP contribution in [0.25, 0.3) is 0 Å². The molecule has 0 spiro atoms. The fraction of sp³-hybridized carbons (Fsp3) is 0.333. The van der Waals surface area contributed by atoms with Crippen molar-refractivity contribution in [1.82, 2.24) is 24.7 Å². The normalized spacial score (nSPS) is 10.2. The van der Waals surface area contributed by atoms with Crippen molar-refractivity contribution < 1.29 is 4.74 Å². The van der Waals surface area contributed by atoms with Crippen LogP contribution >= 0.6 is 0 Å². The Morgan fingerprint density at radius 3 is 2.88 bits per heavy atom. The summed E-state index contributed by atoms with van der Waals surface area (Å²) in [5.74, 6) is 1.89. The lowest BCUT2D eigenvalue weighted by Gasteiger charge is -2.09. The van der Waals surface area contributed by atoms with Gasteiger partial charge in [-0.25, -0.2) is 15.0 Å². The second-order valence-corrected chi connectivity index (χ2v) is 3.33. The number of nitrogens with one attached hydrogen (secondary N) is 1. The zero-order valence-electron chi connectivity index (χ0n) is 9.58. The molecular weight excluding hydrogens is 222 g/mol. The summed E-state index contributed by atoms with van der Waals surface area (Å²) < 4.78 is 6.74. The van der Waals surface area contributed by atoms with E-state index in [0.717, 1.165) is 0 Å². The van der Waals surface area contributed by atoms with Crippen LogP contribution in [0.5, 0.6) is 5.75 Å². The summed E-state index contributed by atoms with van der Waals surface area (Å²) in [4.78, 5) is 12.0. The van der Waals surface area contributed by atoms with E-state index in [4.69, 9.17) is 10.5 Å². The maximum absolute atomic E-state index is 5.65. The van der Waals surface area contributed by atoms with Crippen LogP contribution in [-0.4, -0.2) is 31.8 Å². The smallest absolute Gasteiger partial charge is 0.203 e. The molecule has 8 heteroatoms. The number of aromatic nitrogens is 5. The van der Waals surface area contributed by atoms with Crippen molar-refractivity contribution >= 4 is 11.6 Å². The van der Waals surface area contributed by atoms with E-state index in [1.807, 2.05) is 0 Å². The standard InChI is InChI=1S/C9H13N7O/c1-16-5-14-6(15-16)3-11-9-7(17-2)8(10)12-4-13-9/h4-5H,3H2,1-2H3,(H3,10,11,12,13). The summed E-state index contributed by atoms with van der Waals surface area (Å²) in [6.45, 7) is 0.438. The van der Waals surface area contributed by atoms with Gasteiger partial charge in [0, 0.05) is 7.05 Å². The summed E-state index contributed by atoms with van der Waals surface area (Å²) in [5.41, 5.74) is 5.65. The van der Waals surface area contributed by atoms with Crippen LogP contribution in [0.1, 0.15) is 5.82 Å². The number of ether oxygens (including phenoxy) is 1. The van der Waals surface area contributed by atoms with Crippen LogP contribution in [0.2, 0.25) is 0 Å². The van der Waals surface area contributed by atoms with E-state index < -0.39 is 0 Å². The Morgan fingerprint density at radius 2 is 2.24 bits per heavy atom. The first-order valence-electron chi connectivity index (χ1n) is 4.93. The molecule has 2 aromatic rings. The van der Waals surface area contributed by atoms with Gasteiger partial charge in [-0.1, -0.05) is 0 Å². The van der Waals surface area contributed by atoms with Crippen LogP contribution in [-0.2, 0) is 13.6 Å². The van der Waals surface area contributed by atoms with E-state index in [2.05, 4.69) is 25.4 Å². The van der Waals surface area contributed by atoms with E-state index in [9.17, 15) is 0 Å². The highest BCUT2D eigenvalue weighted by Crippen LogP contribution is 2.26. The lowest BCUT2D eigenvalue weighted by Crippen LogP contribution is -2.07. The van der Waals surface area contributed by atoms with Gasteiger partial charge in [0.1, 0.15) is 12.7 Å². The highest BCUT2D eigenvalue weighted by molar-refractivity contribution is 5.61. The van der Waals surface area contributed by atoms with Crippen molar-refractivity contribution in [3.8, 4) is 5.75 Å². The van der Waals surface area contributed by atoms with Crippen molar-refractivity contribution in [1.29, 1.82) is 0 Å². The lowest BCUT2D eigenvalue weighted by atomic mass is 10.4. The number of methoxy groups -OCH3 is 1. The molecule has 3 N–H and O–H groups in total. The molecule has 2 aromatic heterocycles. The molecule has 90 valence electrons. The average Bonchev–Trinajstić information content (AvgIpc) is 2.72. The summed E-state index contributed by atoms with van der Waals surface area (Å²) in [5, 5.41) is 7.17. The molecule has 0 saturated heterocycles. The molecule has 17 heavy (non-hydrogen) atoms. The Hall–Kier alpha value is -2.38. The monoisotopic (exact) mass is 235 g/mol. The average molecular weight is 235 g/mol. The highest BCUT2D eigenvalue weighted by atomic mass is 16.5. The Labute approximate surface area is 97.9 Å². The summed E-state index contributed by atoms with van der Waals surface area (Å²) in [6, 6.07) is 0. The zero-order chi connectivity index (χ0) is 12.3. The molecular formula is C9H13N7O. The molecule has 0 amide bonds. The molecule has 8 nitrogen and oxygen atoms in total. The van der Waals surface area contributed by atoms with Gasteiger partial charge in [0.2, 0.25) is 5.75 Å². The third kappa shape index (κ3) is 2.41. The molecule has 2 rings (SSSR count). The van der Waals surface area contributed by atoms with E-state index >= 15 is 0 Å². The quantitative estimate of drug-likeness (QED) is 0.756. The van der Waals surface area contributed by atoms with Gasteiger partial charge >= 0.3 is 0 Å². The van der Waals surface area contributed by atoms with Gasteiger partial charge in [-0.2, -0.15) is 5.10 Å². The van der Waals surface area contributed by atoms with Gasteiger partial charge in [-0.3, -0.25) is 4.68 Å². The first kappa shape index (κ1) is 11.1. The molecule has 0 saturated carbocycles. The van der Waals surface area contributed by atoms with E-state index in [1.165, 1.54) is 13.4 Å². The predicted octanol–water partition coefficient (Wildman–Crippen LogP) is -0.192. The third-order valence-electron chi connectivity index (χ3n) is 2.10. The lowest BCUT2D eigenvalue weighted by molar-refractivity contribution is 0.415. The number of aryl methyl sites for hydroxylation is 1. The second kappa shape index (κ2) is 4.64. The molecule has 0 fully saturated rings. The summed E-state index contributed by atoms with van der Waals surface area (Å²) >= 11 is 0. The van der Waals surface area contributed by atoms with E-state index in [0.29, 0.717) is 29.8 Å². The Kier molecular flexibility index (Phi) is 3.03. The molecule has 0 aromatic carbocycles. The fourth-order valence-electron chi connectivity index (χ4n) is 1.34. The molecule has 0 aliphatic rings. The Balaban J connectivity index is 2.11. The summed E-state index contributed by atoms with van der Waals surface area (Å²) in [7, 11) is 3.32. The van der Waals surface area contributed by atoms with Gasteiger partial charge in [-0.05, 0) is 0 Å². The minimum atomic E-state index is 0.291. The van der Waals surface area contributed by atoms with Gasteiger partial charge in [0.05, 0.1) is 13.7 Å². The number of anilines is 2. The minimum absolute atomic E-state index is 0.291. The maximum Gasteiger partial charge on any atom is 0.203 e. The van der Waals surface area contributed by atoms with Crippen molar-refractivity contribution in [2.45, 2.75) is 6.54 Å². The SMILES string of the molecule is COc1c(N)ncnc1NCc1ncn(C)n1. The third-order valence-corrected chi connectivity index (χ3v) is 2.10. The zero-order valence-corrected chi connectivity index (χ0v) is 9.58. The van der Waals surface area contributed by atoms with E-state index in [-0.39, 0.29) is 0 Å². The van der Waals surface area contributed by atoms with Crippen LogP contribution < -0.4 is 15.8 Å². The number of hydrogen-bond donors (Lipinski definition) is 2. The number of hydrogen-bond acceptors (Lipinski definition) is 7. The van der Waals surface area contributed by atoms with Gasteiger partial charge < -0.3 is 15.8 Å². The summed E-state index contributed by atoms with van der Waals surface area (Å²) in [6.07, 6.45) is 2.99. The van der Waals surface area contributed by atoms with Crippen molar-refractivity contribution in [2.75, 3.05) is 18.2 Å². The van der Waals surface area contributed by atoms with Gasteiger partial charge in [-0.15, -0.1) is 0 Å². The van der Waals surface area contributed by atoms with Gasteiger partial charge in [0.25, 0.3) is 0 Å². The number of nitrogens with zero attached hydrogens (tertiary/aromatic N) is 5. The molecule has 0 aliphatic heterocycles. The number of nitrogens with two attached hydrogens (primary N) is 1. The largest absolute Gasteiger partial charge is 0.490 e. The minimum Gasteiger partial charge on any atom is -0.490 e. The molecule has 2 heterocycles. The highest BCUT2D eigenvalue weighted by Gasteiger charge is 2.09. The second-order valence-electron chi connectivity index (χ2n) is 3.33. The Morgan fingerprint density at radius 1 is 1.41 bits per heavy atom. The first-order chi connectivity index (χ1) is 8.20. The molecule has 0 unspecified atom stereocenters. The number of rotatable bonds is 4. The molecule has 0 radical (unpaired) electrons. The first-order valence-corrected chi connectivity index (χ1v) is 4.93. The van der Waals surface area contributed by atoms with Crippen LogP contribution in [0.15, 0.2) is 12.7 Å². The molecule has 0 atom stereocenters. The van der Waals surface area contributed by atoms with Crippen LogP contribution in [0, 0.1) is 0 Å². The Bertz CT molecular complexity index is 510. The van der Waals surface area contributed by atoms with E-state index in [1.54, 1.807) is 18.1 Å². The molecule has 0 bridgehead atoms. The fourth-order valence-corrected chi connectivity index (χ4v) is 1.34.